The lowest BCUT2D eigenvalue weighted by Gasteiger charge is -2.14. The molecule has 17 heavy (non-hydrogen) atoms. The number of hydrogen-bond acceptors (Lipinski definition) is 5. The maximum atomic E-state index is 11.9. The zero-order valence-electron chi connectivity index (χ0n) is 8.83. The first-order chi connectivity index (χ1) is 7.97. The van der Waals surface area contributed by atoms with Crippen LogP contribution in [0.4, 0.5) is 0 Å². The molecule has 1 fully saturated rings. The fourth-order valence-electron chi connectivity index (χ4n) is 1.77. The number of rotatable bonds is 1. The van der Waals surface area contributed by atoms with Crippen molar-refractivity contribution in [2.75, 3.05) is 13.1 Å². The first-order valence-corrected chi connectivity index (χ1v) is 5.06. The molecule has 1 aliphatic rings. The number of amides is 1. The summed E-state index contributed by atoms with van der Waals surface area (Å²) in [5.74, 6) is -0.914. The molecule has 7 heteroatoms. The first kappa shape index (κ1) is 11.6. The van der Waals surface area contributed by atoms with Crippen molar-refractivity contribution in [3.8, 4) is 5.88 Å². The highest BCUT2D eigenvalue weighted by Crippen LogP contribution is 2.14. The topological polar surface area (TPSA) is 114 Å². The average Bonchev–Trinajstić information content (AvgIpc) is 2.57. The fraction of sp³-hybridized carbons (Fsp3) is 0.400. The molecule has 7 nitrogen and oxygen atoms in total. The van der Waals surface area contributed by atoms with Crippen molar-refractivity contribution >= 4 is 5.91 Å². The number of aromatic nitrogens is 1. The highest BCUT2D eigenvalue weighted by atomic mass is 16.3. The van der Waals surface area contributed by atoms with Crippen molar-refractivity contribution in [1.82, 2.24) is 9.88 Å². The molecule has 2 rings (SSSR count). The van der Waals surface area contributed by atoms with Gasteiger partial charge < -0.3 is 20.2 Å². The molecule has 92 valence electrons. The molecule has 0 aromatic carbocycles. The van der Waals surface area contributed by atoms with Crippen LogP contribution >= 0.6 is 0 Å². The molecule has 2 atom stereocenters. The number of carbonyl (C=O) groups is 1. The Morgan fingerprint density at radius 2 is 1.88 bits per heavy atom. The van der Waals surface area contributed by atoms with Gasteiger partial charge in [0.1, 0.15) is 0 Å². The maximum absolute atomic E-state index is 11.9. The van der Waals surface area contributed by atoms with E-state index in [-0.39, 0.29) is 18.7 Å². The lowest BCUT2D eigenvalue weighted by molar-refractivity contribution is 0.0572. The van der Waals surface area contributed by atoms with Crippen LogP contribution in [0.15, 0.2) is 16.9 Å². The zero-order valence-corrected chi connectivity index (χ0v) is 8.83. The third-order valence-corrected chi connectivity index (χ3v) is 2.62. The lowest BCUT2D eigenvalue weighted by Crippen LogP contribution is -2.30. The number of hydrogen-bond donors (Lipinski definition) is 4. The van der Waals surface area contributed by atoms with Crippen LogP contribution in [-0.2, 0) is 0 Å². The van der Waals surface area contributed by atoms with Crippen LogP contribution in [-0.4, -0.2) is 56.4 Å². The van der Waals surface area contributed by atoms with Crippen molar-refractivity contribution in [2.24, 2.45) is 0 Å². The van der Waals surface area contributed by atoms with Crippen molar-refractivity contribution < 1.29 is 20.1 Å². The smallest absolute Gasteiger partial charge is 0.254 e. The Balaban J connectivity index is 2.23. The monoisotopic (exact) mass is 240 g/mol. The number of aliphatic hydroxyl groups is 2. The SMILES string of the molecule is O=C(c1cc(O)[nH]c(=O)c1)N1CC(O)C(O)C1. The van der Waals surface area contributed by atoms with Gasteiger partial charge in [-0.05, 0) is 0 Å². The lowest BCUT2D eigenvalue weighted by atomic mass is 10.2. The Hall–Kier alpha value is -1.86. The number of aromatic hydroxyl groups is 1. The predicted molar refractivity (Wildman–Crippen MR) is 56.6 cm³/mol. The second-order valence-corrected chi connectivity index (χ2v) is 3.96. The van der Waals surface area contributed by atoms with E-state index in [1.54, 1.807) is 0 Å². The minimum Gasteiger partial charge on any atom is -0.494 e. The number of H-pyrrole nitrogens is 1. The van der Waals surface area contributed by atoms with Gasteiger partial charge in [0.25, 0.3) is 11.5 Å². The van der Waals surface area contributed by atoms with Gasteiger partial charge in [-0.3, -0.25) is 14.6 Å². The molecule has 4 N–H and O–H groups in total. The predicted octanol–water partition coefficient (Wildman–Crippen LogP) is -1.74. The molecular weight excluding hydrogens is 228 g/mol. The highest BCUT2D eigenvalue weighted by Gasteiger charge is 2.33. The van der Waals surface area contributed by atoms with Crippen LogP contribution in [0.3, 0.4) is 0 Å². The Morgan fingerprint density at radius 3 is 2.41 bits per heavy atom. The van der Waals surface area contributed by atoms with Crippen LogP contribution < -0.4 is 5.56 Å². The normalized spacial score (nSPS) is 24.0. The third kappa shape index (κ3) is 2.29. The number of nitrogens with one attached hydrogen (secondary N) is 1. The largest absolute Gasteiger partial charge is 0.494 e. The van der Waals surface area contributed by atoms with E-state index in [1.165, 1.54) is 4.90 Å². The quantitative estimate of drug-likeness (QED) is 0.465. The number of aromatic amines is 1. The molecule has 1 saturated heterocycles. The Labute approximate surface area is 95.9 Å². The van der Waals surface area contributed by atoms with E-state index in [0.717, 1.165) is 12.1 Å². The molecule has 1 aliphatic heterocycles. The summed E-state index contributed by atoms with van der Waals surface area (Å²) in [6.07, 6.45) is -1.95. The molecule has 2 unspecified atom stereocenters. The van der Waals surface area contributed by atoms with E-state index < -0.39 is 29.6 Å². The molecular formula is C10H12N2O5. The summed E-state index contributed by atoms with van der Waals surface area (Å²) in [7, 11) is 0. The van der Waals surface area contributed by atoms with E-state index in [9.17, 15) is 19.8 Å². The maximum Gasteiger partial charge on any atom is 0.254 e. The van der Waals surface area contributed by atoms with Crippen LogP contribution in [0, 0.1) is 0 Å². The van der Waals surface area contributed by atoms with Gasteiger partial charge in [0, 0.05) is 25.2 Å². The summed E-state index contributed by atoms with van der Waals surface area (Å²) < 4.78 is 0. The van der Waals surface area contributed by atoms with Crippen LogP contribution in [0.1, 0.15) is 10.4 Å². The summed E-state index contributed by atoms with van der Waals surface area (Å²) in [4.78, 5) is 26.3. The molecule has 1 aromatic rings. The van der Waals surface area contributed by atoms with Crippen molar-refractivity contribution in [3.05, 3.63) is 28.0 Å². The standard InChI is InChI=1S/C10H12N2O5/c13-6-3-12(4-7(6)14)10(17)5-1-8(15)11-9(16)2-5/h1-2,6-7,13-14H,3-4H2,(H2,11,15,16). The molecule has 0 spiro atoms. The third-order valence-electron chi connectivity index (χ3n) is 2.62. The molecule has 0 saturated carbocycles. The van der Waals surface area contributed by atoms with Crippen LogP contribution in [0.5, 0.6) is 5.88 Å². The zero-order chi connectivity index (χ0) is 12.6. The molecule has 0 radical (unpaired) electrons. The Kier molecular flexibility index (Phi) is 2.86. The minimum absolute atomic E-state index is 0.00750. The van der Waals surface area contributed by atoms with Gasteiger partial charge in [0.2, 0.25) is 0 Å². The van der Waals surface area contributed by atoms with Gasteiger partial charge >= 0.3 is 0 Å². The van der Waals surface area contributed by atoms with E-state index in [1.807, 2.05) is 0 Å². The molecule has 0 bridgehead atoms. The summed E-state index contributed by atoms with van der Waals surface area (Å²) in [5.41, 5.74) is -0.568. The average molecular weight is 240 g/mol. The van der Waals surface area contributed by atoms with Crippen molar-refractivity contribution in [1.29, 1.82) is 0 Å². The molecule has 2 heterocycles. The highest BCUT2D eigenvalue weighted by molar-refractivity contribution is 5.94. The van der Waals surface area contributed by atoms with Gasteiger partial charge in [0.15, 0.2) is 5.88 Å². The number of pyridine rings is 1. The Morgan fingerprint density at radius 1 is 1.29 bits per heavy atom. The summed E-state index contributed by atoms with van der Waals surface area (Å²) in [6.45, 7) is 0.0150. The van der Waals surface area contributed by atoms with Crippen molar-refractivity contribution in [2.45, 2.75) is 12.2 Å². The number of aliphatic hydroxyl groups excluding tert-OH is 2. The van der Waals surface area contributed by atoms with Gasteiger partial charge in [-0.25, -0.2) is 0 Å². The number of β-amino-alcohol motifs (C(OH)–C–C–N with tert-alkyl or cyclic N) is 2. The molecule has 1 amide bonds. The van der Waals surface area contributed by atoms with Crippen LogP contribution in [0.2, 0.25) is 0 Å². The summed E-state index contributed by atoms with van der Waals surface area (Å²) in [6, 6.07) is 2.18. The van der Waals surface area contributed by atoms with Gasteiger partial charge in [-0.1, -0.05) is 0 Å². The van der Waals surface area contributed by atoms with E-state index in [0.29, 0.717) is 0 Å². The molecule has 0 aliphatic carbocycles. The number of likely N-dealkylation sites (tertiary alicyclic amines) is 1. The van der Waals surface area contributed by atoms with Gasteiger partial charge in [-0.15, -0.1) is 0 Å². The van der Waals surface area contributed by atoms with E-state index in [2.05, 4.69) is 4.98 Å². The number of nitrogens with zero attached hydrogens (tertiary/aromatic N) is 1. The number of carbonyl (C=O) groups excluding carboxylic acids is 1. The van der Waals surface area contributed by atoms with E-state index >= 15 is 0 Å². The first-order valence-electron chi connectivity index (χ1n) is 5.06. The minimum atomic E-state index is -0.977. The fourth-order valence-corrected chi connectivity index (χ4v) is 1.77. The second kappa shape index (κ2) is 4.19. The van der Waals surface area contributed by atoms with Gasteiger partial charge in [0.05, 0.1) is 17.8 Å². The second-order valence-electron chi connectivity index (χ2n) is 3.96. The van der Waals surface area contributed by atoms with Crippen molar-refractivity contribution in [3.63, 3.8) is 0 Å². The molecule has 1 aromatic heterocycles. The van der Waals surface area contributed by atoms with E-state index in [4.69, 9.17) is 5.11 Å². The van der Waals surface area contributed by atoms with Crippen LogP contribution in [0.25, 0.3) is 0 Å². The summed E-state index contributed by atoms with van der Waals surface area (Å²) >= 11 is 0. The Bertz CT molecular complexity index is 488. The summed E-state index contributed by atoms with van der Waals surface area (Å²) in [5, 5.41) is 27.8. The van der Waals surface area contributed by atoms with Gasteiger partial charge in [-0.2, -0.15) is 0 Å².